The number of carbonyl (C=O) groups excluding carboxylic acids is 1. The van der Waals surface area contributed by atoms with Gasteiger partial charge in [-0.05, 0) is 32.9 Å². The molecule has 0 saturated heterocycles. The van der Waals surface area contributed by atoms with E-state index in [1.54, 1.807) is 0 Å². The summed E-state index contributed by atoms with van der Waals surface area (Å²) in [6.07, 6.45) is -0.0559. The van der Waals surface area contributed by atoms with Crippen LogP contribution in [-0.4, -0.2) is 25.3 Å². The van der Waals surface area contributed by atoms with Crippen molar-refractivity contribution in [2.75, 3.05) is 7.11 Å². The van der Waals surface area contributed by atoms with Crippen molar-refractivity contribution in [2.45, 2.75) is 46.3 Å². The predicted octanol–water partition coefficient (Wildman–Crippen LogP) is 3.58. The molecule has 21 heavy (non-hydrogen) atoms. The SMILES string of the molecule is COc1cc(OC(C)C(C)CC(=O)OC(C)C)ccc1F. The Morgan fingerprint density at radius 3 is 2.48 bits per heavy atom. The van der Waals surface area contributed by atoms with Crippen LogP contribution in [0.2, 0.25) is 0 Å². The molecule has 0 N–H and O–H groups in total. The van der Waals surface area contributed by atoms with E-state index in [4.69, 9.17) is 14.2 Å². The maximum Gasteiger partial charge on any atom is 0.306 e. The number of methoxy groups -OCH3 is 1. The van der Waals surface area contributed by atoms with Crippen molar-refractivity contribution in [3.63, 3.8) is 0 Å². The third-order valence-electron chi connectivity index (χ3n) is 3.10. The van der Waals surface area contributed by atoms with Gasteiger partial charge < -0.3 is 14.2 Å². The first kappa shape index (κ1) is 17.3. The average Bonchev–Trinajstić information content (AvgIpc) is 2.39. The van der Waals surface area contributed by atoms with Crippen molar-refractivity contribution < 1.29 is 23.4 Å². The maximum atomic E-state index is 13.3. The molecule has 0 aliphatic heterocycles. The number of carbonyl (C=O) groups is 1. The van der Waals surface area contributed by atoms with Crippen molar-refractivity contribution in [3.05, 3.63) is 24.0 Å². The summed E-state index contributed by atoms with van der Waals surface area (Å²) in [6.45, 7) is 7.40. The summed E-state index contributed by atoms with van der Waals surface area (Å²) < 4.78 is 29.1. The molecule has 0 saturated carbocycles. The molecule has 0 aliphatic rings. The third-order valence-corrected chi connectivity index (χ3v) is 3.10. The number of rotatable bonds is 7. The minimum Gasteiger partial charge on any atom is -0.494 e. The van der Waals surface area contributed by atoms with Crippen LogP contribution >= 0.6 is 0 Å². The second-order valence-corrected chi connectivity index (χ2v) is 5.34. The summed E-state index contributed by atoms with van der Waals surface area (Å²) in [5, 5.41) is 0. The van der Waals surface area contributed by atoms with Crippen LogP contribution in [0.15, 0.2) is 18.2 Å². The molecule has 0 fully saturated rings. The molecule has 0 bridgehead atoms. The van der Waals surface area contributed by atoms with E-state index < -0.39 is 5.82 Å². The molecule has 0 aliphatic carbocycles. The third kappa shape index (κ3) is 5.61. The Labute approximate surface area is 125 Å². The smallest absolute Gasteiger partial charge is 0.306 e. The molecule has 1 rings (SSSR count). The van der Waals surface area contributed by atoms with Gasteiger partial charge in [0.05, 0.1) is 25.7 Å². The molecule has 1 aromatic carbocycles. The number of benzene rings is 1. The summed E-state index contributed by atoms with van der Waals surface area (Å²) in [7, 11) is 1.40. The van der Waals surface area contributed by atoms with Crippen LogP contribution in [0.5, 0.6) is 11.5 Å². The van der Waals surface area contributed by atoms with Crippen LogP contribution in [0.3, 0.4) is 0 Å². The van der Waals surface area contributed by atoms with E-state index in [1.807, 2.05) is 27.7 Å². The van der Waals surface area contributed by atoms with Gasteiger partial charge >= 0.3 is 5.97 Å². The Bertz CT molecular complexity index is 473. The molecule has 0 heterocycles. The predicted molar refractivity (Wildman–Crippen MR) is 78.1 cm³/mol. The van der Waals surface area contributed by atoms with Crippen molar-refractivity contribution in [2.24, 2.45) is 5.92 Å². The Morgan fingerprint density at radius 2 is 1.90 bits per heavy atom. The lowest BCUT2D eigenvalue weighted by Crippen LogP contribution is -2.25. The standard InChI is InChI=1S/C16H23FO4/c1-10(2)20-16(18)8-11(3)12(4)21-13-6-7-14(17)15(9-13)19-5/h6-7,9-12H,8H2,1-5H3. The Balaban J connectivity index is 2.59. The summed E-state index contributed by atoms with van der Waals surface area (Å²) in [5.41, 5.74) is 0. The fraction of sp³-hybridized carbons (Fsp3) is 0.562. The minimum absolute atomic E-state index is 0.0210. The Morgan fingerprint density at radius 1 is 1.24 bits per heavy atom. The molecule has 0 amide bonds. The van der Waals surface area contributed by atoms with Gasteiger partial charge in [0.25, 0.3) is 0 Å². The van der Waals surface area contributed by atoms with Gasteiger partial charge in [0.1, 0.15) is 5.75 Å². The number of ether oxygens (including phenoxy) is 3. The van der Waals surface area contributed by atoms with Gasteiger partial charge in [0.15, 0.2) is 11.6 Å². The van der Waals surface area contributed by atoms with Crippen molar-refractivity contribution in [1.82, 2.24) is 0 Å². The zero-order valence-electron chi connectivity index (χ0n) is 13.2. The van der Waals surface area contributed by atoms with Gasteiger partial charge in [-0.15, -0.1) is 0 Å². The fourth-order valence-electron chi connectivity index (χ4n) is 1.78. The summed E-state index contributed by atoms with van der Waals surface area (Å²) in [5.74, 6) is -0.0700. The lowest BCUT2D eigenvalue weighted by atomic mass is 10.0. The van der Waals surface area contributed by atoms with E-state index in [2.05, 4.69) is 0 Å². The number of hydrogen-bond donors (Lipinski definition) is 0. The molecule has 0 aromatic heterocycles. The van der Waals surface area contributed by atoms with Crippen LogP contribution in [0.4, 0.5) is 4.39 Å². The van der Waals surface area contributed by atoms with E-state index in [0.717, 1.165) is 0 Å². The van der Waals surface area contributed by atoms with Crippen LogP contribution in [-0.2, 0) is 9.53 Å². The first-order valence-corrected chi connectivity index (χ1v) is 7.03. The zero-order valence-corrected chi connectivity index (χ0v) is 13.2. The van der Waals surface area contributed by atoms with Gasteiger partial charge in [-0.3, -0.25) is 4.79 Å². The van der Waals surface area contributed by atoms with Crippen LogP contribution < -0.4 is 9.47 Å². The summed E-state index contributed by atoms with van der Waals surface area (Å²) >= 11 is 0. The molecule has 118 valence electrons. The first-order chi connectivity index (χ1) is 9.83. The van der Waals surface area contributed by atoms with Crippen LogP contribution in [0.1, 0.15) is 34.1 Å². The largest absolute Gasteiger partial charge is 0.494 e. The van der Waals surface area contributed by atoms with Crippen LogP contribution in [0.25, 0.3) is 0 Å². The molecular formula is C16H23FO4. The monoisotopic (exact) mass is 298 g/mol. The zero-order chi connectivity index (χ0) is 16.0. The van der Waals surface area contributed by atoms with E-state index >= 15 is 0 Å². The van der Waals surface area contributed by atoms with E-state index in [0.29, 0.717) is 5.75 Å². The summed E-state index contributed by atoms with van der Waals surface area (Å²) in [6, 6.07) is 4.32. The van der Waals surface area contributed by atoms with Gasteiger partial charge in [-0.1, -0.05) is 6.92 Å². The maximum absolute atomic E-state index is 13.3. The highest BCUT2D eigenvalue weighted by Crippen LogP contribution is 2.25. The lowest BCUT2D eigenvalue weighted by Gasteiger charge is -2.21. The summed E-state index contributed by atoms with van der Waals surface area (Å²) in [4.78, 5) is 11.6. The van der Waals surface area contributed by atoms with Gasteiger partial charge in [0, 0.05) is 12.0 Å². The molecule has 1 aromatic rings. The lowest BCUT2D eigenvalue weighted by molar-refractivity contribution is -0.149. The molecular weight excluding hydrogens is 275 g/mol. The normalized spacial score (nSPS) is 13.7. The first-order valence-electron chi connectivity index (χ1n) is 7.03. The number of halogens is 1. The second kappa shape index (κ2) is 7.86. The topological polar surface area (TPSA) is 44.8 Å². The van der Waals surface area contributed by atoms with Crippen molar-refractivity contribution in [3.8, 4) is 11.5 Å². The average molecular weight is 298 g/mol. The number of esters is 1. The molecule has 0 spiro atoms. The minimum atomic E-state index is -0.439. The molecule has 2 unspecified atom stereocenters. The van der Waals surface area contributed by atoms with E-state index in [9.17, 15) is 9.18 Å². The Hall–Kier alpha value is -1.78. The van der Waals surface area contributed by atoms with Crippen LogP contribution in [0, 0.1) is 11.7 Å². The fourth-order valence-corrected chi connectivity index (χ4v) is 1.78. The van der Waals surface area contributed by atoms with E-state index in [1.165, 1.54) is 25.3 Å². The van der Waals surface area contributed by atoms with Crippen molar-refractivity contribution in [1.29, 1.82) is 0 Å². The highest BCUT2D eigenvalue weighted by atomic mass is 19.1. The highest BCUT2D eigenvalue weighted by Gasteiger charge is 2.19. The highest BCUT2D eigenvalue weighted by molar-refractivity contribution is 5.69. The molecule has 2 atom stereocenters. The van der Waals surface area contributed by atoms with Crippen molar-refractivity contribution >= 4 is 5.97 Å². The van der Waals surface area contributed by atoms with Gasteiger partial charge in [0.2, 0.25) is 0 Å². The molecule has 0 radical (unpaired) electrons. The van der Waals surface area contributed by atoms with Gasteiger partial charge in [-0.2, -0.15) is 0 Å². The molecule has 4 nitrogen and oxygen atoms in total. The number of hydrogen-bond acceptors (Lipinski definition) is 4. The van der Waals surface area contributed by atoms with Gasteiger partial charge in [-0.25, -0.2) is 4.39 Å². The Kier molecular flexibility index (Phi) is 6.46. The molecule has 5 heteroatoms. The second-order valence-electron chi connectivity index (χ2n) is 5.34. The quantitative estimate of drug-likeness (QED) is 0.722. The van der Waals surface area contributed by atoms with E-state index in [-0.39, 0.29) is 36.3 Å².